The highest BCUT2D eigenvalue weighted by atomic mass is 16.1. The molecule has 0 aromatic heterocycles. The molecule has 0 aliphatic carbocycles. The average Bonchev–Trinajstić information content (AvgIpc) is 2.37. The molecule has 4 nitrogen and oxygen atoms in total. The molecule has 0 spiro atoms. The first-order chi connectivity index (χ1) is 9.79. The van der Waals surface area contributed by atoms with E-state index in [1.165, 1.54) is 5.56 Å². The molecule has 1 rings (SSSR count). The van der Waals surface area contributed by atoms with Crippen molar-refractivity contribution in [3.63, 3.8) is 0 Å². The van der Waals surface area contributed by atoms with Crippen LogP contribution < -0.4 is 10.6 Å². The zero-order valence-corrected chi connectivity index (χ0v) is 14.0. The molecule has 1 aromatic carbocycles. The lowest BCUT2D eigenvalue weighted by atomic mass is 9.87. The molecule has 0 aliphatic heterocycles. The van der Waals surface area contributed by atoms with Crippen LogP contribution in [0.5, 0.6) is 0 Å². The van der Waals surface area contributed by atoms with E-state index < -0.39 is 0 Å². The summed E-state index contributed by atoms with van der Waals surface area (Å²) in [7, 11) is 4.10. The van der Waals surface area contributed by atoms with E-state index in [0.717, 1.165) is 25.2 Å². The zero-order valence-electron chi connectivity index (χ0n) is 14.0. The van der Waals surface area contributed by atoms with Gasteiger partial charge in [-0.25, -0.2) is 0 Å². The third kappa shape index (κ3) is 7.25. The van der Waals surface area contributed by atoms with Crippen molar-refractivity contribution in [3.8, 4) is 0 Å². The molecular weight excluding hydrogens is 262 g/mol. The number of amides is 1. The monoisotopic (exact) mass is 291 g/mol. The van der Waals surface area contributed by atoms with Crippen LogP contribution in [0.15, 0.2) is 24.3 Å². The van der Waals surface area contributed by atoms with Gasteiger partial charge in [0.25, 0.3) is 0 Å². The molecule has 0 radical (unpaired) electrons. The number of nitrogens with zero attached hydrogens (tertiary/aromatic N) is 1. The molecule has 0 heterocycles. The molecule has 0 saturated carbocycles. The molecule has 2 N–H and O–H groups in total. The third-order valence-corrected chi connectivity index (χ3v) is 3.28. The Morgan fingerprint density at radius 3 is 2.29 bits per heavy atom. The van der Waals surface area contributed by atoms with Gasteiger partial charge in [-0.3, -0.25) is 4.79 Å². The Balaban J connectivity index is 2.31. The second-order valence-electron chi connectivity index (χ2n) is 6.71. The molecule has 4 heteroatoms. The second kappa shape index (κ2) is 8.15. The van der Waals surface area contributed by atoms with E-state index in [1.54, 1.807) is 0 Å². The first-order valence-electron chi connectivity index (χ1n) is 7.55. The quantitative estimate of drug-likeness (QED) is 0.759. The van der Waals surface area contributed by atoms with Crippen LogP contribution in [0.25, 0.3) is 0 Å². The van der Waals surface area contributed by atoms with Gasteiger partial charge in [0.15, 0.2) is 0 Å². The van der Waals surface area contributed by atoms with Crippen LogP contribution in [0, 0.1) is 0 Å². The van der Waals surface area contributed by atoms with Gasteiger partial charge in [0.05, 0.1) is 6.54 Å². The maximum Gasteiger partial charge on any atom is 0.238 e. The molecule has 0 bridgehead atoms. The summed E-state index contributed by atoms with van der Waals surface area (Å²) < 4.78 is 0. The largest absolute Gasteiger partial charge is 0.325 e. The van der Waals surface area contributed by atoms with Crippen molar-refractivity contribution in [2.45, 2.75) is 32.6 Å². The topological polar surface area (TPSA) is 44.4 Å². The maximum absolute atomic E-state index is 11.8. The van der Waals surface area contributed by atoms with Gasteiger partial charge in [0.1, 0.15) is 0 Å². The van der Waals surface area contributed by atoms with Crippen molar-refractivity contribution in [1.82, 2.24) is 10.2 Å². The van der Waals surface area contributed by atoms with Gasteiger partial charge >= 0.3 is 0 Å². The van der Waals surface area contributed by atoms with Crippen LogP contribution in [-0.2, 0) is 10.2 Å². The van der Waals surface area contributed by atoms with Gasteiger partial charge in [-0.2, -0.15) is 0 Å². The first-order valence-corrected chi connectivity index (χ1v) is 7.55. The number of nitrogens with one attached hydrogen (secondary N) is 2. The fourth-order valence-corrected chi connectivity index (χ4v) is 1.98. The summed E-state index contributed by atoms with van der Waals surface area (Å²) in [4.78, 5) is 13.9. The molecule has 1 aromatic rings. The summed E-state index contributed by atoms with van der Waals surface area (Å²) >= 11 is 0. The predicted octanol–water partition coefficient (Wildman–Crippen LogP) is 2.46. The van der Waals surface area contributed by atoms with Crippen molar-refractivity contribution < 1.29 is 4.79 Å². The minimum absolute atomic E-state index is 0.00311. The minimum atomic E-state index is 0.00311. The highest BCUT2D eigenvalue weighted by Crippen LogP contribution is 2.23. The van der Waals surface area contributed by atoms with Crippen molar-refractivity contribution in [3.05, 3.63) is 29.8 Å². The van der Waals surface area contributed by atoms with E-state index in [-0.39, 0.29) is 11.3 Å². The number of benzene rings is 1. The van der Waals surface area contributed by atoms with Crippen LogP contribution in [0.3, 0.4) is 0 Å². The number of carbonyl (C=O) groups is 1. The maximum atomic E-state index is 11.8. The zero-order chi connectivity index (χ0) is 15.9. The Kier molecular flexibility index (Phi) is 6.85. The fraction of sp³-hybridized carbons (Fsp3) is 0.588. The molecule has 0 saturated heterocycles. The number of hydrogen-bond donors (Lipinski definition) is 2. The Labute approximate surface area is 128 Å². The standard InChI is InChI=1S/C17H29N3O/c1-17(2,3)14-7-9-15(10-8-14)19-16(21)13-18-11-6-12-20(4)5/h7-10,18H,6,11-13H2,1-5H3,(H,19,21). The summed E-state index contributed by atoms with van der Waals surface area (Å²) in [5, 5.41) is 6.07. The van der Waals surface area contributed by atoms with Crippen molar-refractivity contribution in [1.29, 1.82) is 0 Å². The number of hydrogen-bond acceptors (Lipinski definition) is 3. The van der Waals surface area contributed by atoms with Gasteiger partial charge in [-0.15, -0.1) is 0 Å². The van der Waals surface area contributed by atoms with E-state index in [9.17, 15) is 4.79 Å². The van der Waals surface area contributed by atoms with Crippen LogP contribution >= 0.6 is 0 Å². The van der Waals surface area contributed by atoms with Crippen LogP contribution in [0.2, 0.25) is 0 Å². The smallest absolute Gasteiger partial charge is 0.238 e. The lowest BCUT2D eigenvalue weighted by Gasteiger charge is -2.19. The Hall–Kier alpha value is -1.39. The SMILES string of the molecule is CN(C)CCCNCC(=O)Nc1ccc(C(C)(C)C)cc1. The molecule has 0 fully saturated rings. The van der Waals surface area contributed by atoms with Gasteiger partial charge in [0, 0.05) is 5.69 Å². The fourth-order valence-electron chi connectivity index (χ4n) is 1.98. The highest BCUT2D eigenvalue weighted by molar-refractivity contribution is 5.92. The molecule has 118 valence electrons. The lowest BCUT2D eigenvalue weighted by molar-refractivity contribution is -0.115. The Morgan fingerprint density at radius 1 is 1.14 bits per heavy atom. The first kappa shape index (κ1) is 17.7. The lowest BCUT2D eigenvalue weighted by Crippen LogP contribution is -2.30. The third-order valence-electron chi connectivity index (χ3n) is 3.28. The van der Waals surface area contributed by atoms with Crippen LogP contribution in [0.1, 0.15) is 32.8 Å². The van der Waals surface area contributed by atoms with Crippen LogP contribution in [-0.4, -0.2) is 44.5 Å². The van der Waals surface area contributed by atoms with Gasteiger partial charge < -0.3 is 15.5 Å². The predicted molar refractivity (Wildman–Crippen MR) is 89.8 cm³/mol. The number of carbonyl (C=O) groups excluding carboxylic acids is 1. The van der Waals surface area contributed by atoms with Crippen molar-refractivity contribution in [2.75, 3.05) is 39.0 Å². The highest BCUT2D eigenvalue weighted by Gasteiger charge is 2.13. The average molecular weight is 291 g/mol. The minimum Gasteiger partial charge on any atom is -0.325 e. The Morgan fingerprint density at radius 2 is 1.76 bits per heavy atom. The van der Waals surface area contributed by atoms with Gasteiger partial charge in [0.2, 0.25) is 5.91 Å². The second-order valence-corrected chi connectivity index (χ2v) is 6.71. The molecule has 0 atom stereocenters. The van der Waals surface area contributed by atoms with Crippen molar-refractivity contribution in [2.24, 2.45) is 0 Å². The Bertz CT molecular complexity index is 432. The number of rotatable bonds is 7. The van der Waals surface area contributed by atoms with Crippen molar-refractivity contribution >= 4 is 11.6 Å². The summed E-state index contributed by atoms with van der Waals surface area (Å²) in [6.45, 7) is 8.78. The molecule has 21 heavy (non-hydrogen) atoms. The van der Waals surface area contributed by atoms with Gasteiger partial charge in [-0.1, -0.05) is 32.9 Å². The summed E-state index contributed by atoms with van der Waals surface area (Å²) in [6, 6.07) is 8.06. The van der Waals surface area contributed by atoms with Gasteiger partial charge in [-0.05, 0) is 56.7 Å². The van der Waals surface area contributed by atoms with E-state index in [4.69, 9.17) is 0 Å². The normalized spacial score (nSPS) is 11.7. The van der Waals surface area contributed by atoms with E-state index in [2.05, 4.69) is 48.4 Å². The van der Waals surface area contributed by atoms with Crippen LogP contribution in [0.4, 0.5) is 5.69 Å². The van der Waals surface area contributed by atoms with E-state index >= 15 is 0 Å². The summed E-state index contributed by atoms with van der Waals surface area (Å²) in [5.41, 5.74) is 2.25. The molecule has 0 aliphatic rings. The number of anilines is 1. The molecule has 1 amide bonds. The van der Waals surface area contributed by atoms with E-state index in [0.29, 0.717) is 6.54 Å². The summed E-state index contributed by atoms with van der Waals surface area (Å²) in [6.07, 6.45) is 1.04. The van der Waals surface area contributed by atoms with E-state index in [1.807, 2.05) is 26.2 Å². The summed E-state index contributed by atoms with van der Waals surface area (Å²) in [5.74, 6) is 0.00311. The molecular formula is C17H29N3O. The molecule has 0 unspecified atom stereocenters.